The predicted octanol–water partition coefficient (Wildman–Crippen LogP) is 6.81. The van der Waals surface area contributed by atoms with Gasteiger partial charge in [0.25, 0.3) is 6.43 Å². The van der Waals surface area contributed by atoms with Gasteiger partial charge >= 0.3 is 6.09 Å². The zero-order chi connectivity index (χ0) is 22.2. The van der Waals surface area contributed by atoms with Crippen molar-refractivity contribution in [3.05, 3.63) is 26.6 Å². The Morgan fingerprint density at radius 3 is 2.67 bits per heavy atom. The van der Waals surface area contributed by atoms with Gasteiger partial charge in [-0.05, 0) is 55.8 Å². The lowest BCUT2D eigenvalue weighted by atomic mass is 10.0. The Labute approximate surface area is 196 Å². The molecule has 3 unspecified atom stereocenters. The lowest BCUT2D eigenvalue weighted by Gasteiger charge is -2.37. The molecule has 166 valence electrons. The van der Waals surface area contributed by atoms with E-state index in [0.29, 0.717) is 27.8 Å². The van der Waals surface area contributed by atoms with Gasteiger partial charge in [0, 0.05) is 30.1 Å². The molecule has 4 nitrogen and oxygen atoms in total. The Bertz CT molecular complexity index is 921. The number of hydrogen-bond donors (Lipinski definition) is 1. The molecule has 3 rings (SSSR count). The van der Waals surface area contributed by atoms with E-state index in [2.05, 4.69) is 5.32 Å². The van der Waals surface area contributed by atoms with E-state index in [1.807, 2.05) is 49.4 Å². The van der Waals surface area contributed by atoms with Gasteiger partial charge in [0.1, 0.15) is 5.60 Å². The Balaban J connectivity index is 1.76. The number of ether oxygens (including phenoxy) is 1. The van der Waals surface area contributed by atoms with Crippen LogP contribution in [0.15, 0.2) is 18.2 Å². The number of hydrogen-bond acceptors (Lipinski definition) is 4. The molecule has 0 spiro atoms. The van der Waals surface area contributed by atoms with E-state index in [1.165, 1.54) is 11.3 Å². The van der Waals surface area contributed by atoms with Gasteiger partial charge in [-0.1, -0.05) is 12.1 Å². The van der Waals surface area contributed by atoms with Crippen molar-refractivity contribution in [2.24, 2.45) is 0 Å². The van der Waals surface area contributed by atoms with Crippen LogP contribution in [0.25, 0.3) is 10.1 Å². The van der Waals surface area contributed by atoms with Crippen LogP contribution in [0.5, 0.6) is 0 Å². The molecule has 1 fully saturated rings. The number of carbonyl (C=O) groups excluding carboxylic acids is 1. The Morgan fingerprint density at radius 2 is 2.07 bits per heavy atom. The Kier molecular flexibility index (Phi) is 7.33. The SMILES string of the molecule is CC(C)(C)OC(=O)N1CCC(Nc2cccc3c(C(F)C(F)F)c(I)sc23)C(Cl)C1. The van der Waals surface area contributed by atoms with Crippen LogP contribution in [0.2, 0.25) is 0 Å². The summed E-state index contributed by atoms with van der Waals surface area (Å²) in [6, 6.07) is 5.08. The monoisotopic (exact) mass is 574 g/mol. The first-order valence-electron chi connectivity index (χ1n) is 9.49. The van der Waals surface area contributed by atoms with Gasteiger partial charge in [0.05, 0.1) is 18.6 Å². The first-order chi connectivity index (χ1) is 14.0. The molecule has 1 amide bonds. The summed E-state index contributed by atoms with van der Waals surface area (Å²) < 4.78 is 46.7. The zero-order valence-electron chi connectivity index (χ0n) is 16.7. The van der Waals surface area contributed by atoms with E-state index in [-0.39, 0.29) is 17.0 Å². The number of benzene rings is 1. The molecule has 1 aromatic heterocycles. The topological polar surface area (TPSA) is 41.6 Å². The molecule has 1 aliphatic rings. The predicted molar refractivity (Wildman–Crippen MR) is 124 cm³/mol. The molecular formula is C20H23ClF3IN2O2S. The number of rotatable bonds is 4. The average molecular weight is 575 g/mol. The van der Waals surface area contributed by atoms with Gasteiger partial charge in [0.15, 0.2) is 6.17 Å². The summed E-state index contributed by atoms with van der Waals surface area (Å²) in [7, 11) is 0. The number of anilines is 1. The average Bonchev–Trinajstić information content (AvgIpc) is 2.98. The van der Waals surface area contributed by atoms with E-state index < -0.39 is 24.3 Å². The van der Waals surface area contributed by atoms with Gasteiger partial charge in [-0.25, -0.2) is 18.0 Å². The van der Waals surface area contributed by atoms with Crippen molar-refractivity contribution in [3.63, 3.8) is 0 Å². The lowest BCUT2D eigenvalue weighted by Crippen LogP contribution is -2.50. The van der Waals surface area contributed by atoms with Crippen molar-refractivity contribution < 1.29 is 22.7 Å². The van der Waals surface area contributed by atoms with E-state index in [1.54, 1.807) is 17.0 Å². The van der Waals surface area contributed by atoms with Gasteiger partial charge in [-0.3, -0.25) is 0 Å². The molecule has 2 aromatic rings. The van der Waals surface area contributed by atoms with Crippen molar-refractivity contribution >= 4 is 67.4 Å². The summed E-state index contributed by atoms with van der Waals surface area (Å²) >= 11 is 9.74. The first kappa shape index (κ1) is 23.7. The maximum absolute atomic E-state index is 14.1. The van der Waals surface area contributed by atoms with Crippen LogP contribution >= 0.6 is 45.5 Å². The van der Waals surface area contributed by atoms with E-state index in [0.717, 1.165) is 10.4 Å². The van der Waals surface area contributed by atoms with Crippen molar-refractivity contribution in [2.45, 2.75) is 56.8 Å². The number of alkyl halides is 4. The fourth-order valence-electron chi connectivity index (χ4n) is 3.37. The number of likely N-dealkylation sites (tertiary alicyclic amines) is 1. The second-order valence-corrected chi connectivity index (χ2v) is 11.6. The Hall–Kier alpha value is -0.940. The summed E-state index contributed by atoms with van der Waals surface area (Å²) in [5.41, 5.74) is 0.186. The highest BCUT2D eigenvalue weighted by atomic mass is 127. The molecule has 3 atom stereocenters. The normalized spacial score (nSPS) is 21.2. The third-order valence-corrected chi connectivity index (χ3v) is 7.47. The van der Waals surface area contributed by atoms with Gasteiger partial charge in [-0.15, -0.1) is 22.9 Å². The highest BCUT2D eigenvalue weighted by Crippen LogP contribution is 2.43. The summed E-state index contributed by atoms with van der Waals surface area (Å²) in [5, 5.41) is 3.50. The van der Waals surface area contributed by atoms with Crippen molar-refractivity contribution in [2.75, 3.05) is 18.4 Å². The fraction of sp³-hybridized carbons (Fsp3) is 0.550. The molecule has 0 bridgehead atoms. The summed E-state index contributed by atoms with van der Waals surface area (Å²) in [6.07, 6.45) is -5.19. The molecule has 1 aromatic carbocycles. The molecule has 1 aliphatic heterocycles. The molecular weight excluding hydrogens is 552 g/mol. The minimum atomic E-state index is -3.07. The van der Waals surface area contributed by atoms with Crippen LogP contribution < -0.4 is 5.32 Å². The second-order valence-electron chi connectivity index (χ2n) is 8.19. The summed E-state index contributed by atoms with van der Waals surface area (Å²) in [6.45, 7) is 6.24. The third kappa shape index (κ3) is 5.27. The maximum Gasteiger partial charge on any atom is 0.410 e. The summed E-state index contributed by atoms with van der Waals surface area (Å²) in [5.74, 6) is 0. The van der Waals surface area contributed by atoms with Crippen LogP contribution in [-0.4, -0.2) is 47.5 Å². The van der Waals surface area contributed by atoms with Crippen molar-refractivity contribution in [1.29, 1.82) is 0 Å². The van der Waals surface area contributed by atoms with Gasteiger partial charge in [-0.2, -0.15) is 0 Å². The smallest absolute Gasteiger partial charge is 0.410 e. The number of halogens is 5. The van der Waals surface area contributed by atoms with E-state index in [9.17, 15) is 18.0 Å². The van der Waals surface area contributed by atoms with Crippen LogP contribution in [-0.2, 0) is 4.74 Å². The minimum Gasteiger partial charge on any atom is -0.444 e. The number of thiophene rings is 1. The van der Waals surface area contributed by atoms with E-state index >= 15 is 0 Å². The number of piperidine rings is 1. The van der Waals surface area contributed by atoms with E-state index in [4.69, 9.17) is 16.3 Å². The fourth-order valence-corrected chi connectivity index (χ4v) is 6.01. The molecule has 1 saturated heterocycles. The molecule has 2 heterocycles. The number of fused-ring (bicyclic) bond motifs is 1. The lowest BCUT2D eigenvalue weighted by molar-refractivity contribution is 0.0213. The molecule has 0 radical (unpaired) electrons. The van der Waals surface area contributed by atoms with Crippen LogP contribution in [0.1, 0.15) is 38.9 Å². The van der Waals surface area contributed by atoms with Crippen LogP contribution in [0.4, 0.5) is 23.7 Å². The second kappa shape index (κ2) is 9.28. The number of nitrogens with one attached hydrogen (secondary N) is 1. The minimum absolute atomic E-state index is 0.0384. The standard InChI is InChI=1S/C20H23ClF3IN2O2S/c1-20(2,3)29-19(28)27-8-7-12(11(21)9-27)26-13-6-4-5-10-14(15(22)17(23)24)18(25)30-16(10)13/h4-6,11-12,15,17,26H,7-9H2,1-3H3. The largest absolute Gasteiger partial charge is 0.444 e. The van der Waals surface area contributed by atoms with Gasteiger partial charge in [0.2, 0.25) is 0 Å². The molecule has 30 heavy (non-hydrogen) atoms. The quantitative estimate of drug-likeness (QED) is 0.322. The highest BCUT2D eigenvalue weighted by Gasteiger charge is 2.33. The number of amides is 1. The van der Waals surface area contributed by atoms with Crippen LogP contribution in [0.3, 0.4) is 0 Å². The molecule has 1 N–H and O–H groups in total. The zero-order valence-corrected chi connectivity index (χ0v) is 20.5. The van der Waals surface area contributed by atoms with Crippen LogP contribution in [0, 0.1) is 2.88 Å². The molecule has 0 aliphatic carbocycles. The summed E-state index contributed by atoms with van der Waals surface area (Å²) in [4.78, 5) is 13.9. The van der Waals surface area contributed by atoms with Gasteiger partial charge < -0.3 is 15.0 Å². The number of carbonyl (C=O) groups is 1. The molecule has 10 heteroatoms. The first-order valence-corrected chi connectivity index (χ1v) is 11.8. The van der Waals surface area contributed by atoms with Crippen molar-refractivity contribution in [1.82, 2.24) is 4.90 Å². The maximum atomic E-state index is 14.1. The third-order valence-electron chi connectivity index (χ3n) is 4.74. The highest BCUT2D eigenvalue weighted by molar-refractivity contribution is 14.1. The number of nitrogens with zero attached hydrogens (tertiary/aromatic N) is 1. The van der Waals surface area contributed by atoms with Crippen molar-refractivity contribution in [3.8, 4) is 0 Å². The Morgan fingerprint density at radius 1 is 1.37 bits per heavy atom. The molecule has 0 saturated carbocycles.